The van der Waals surface area contributed by atoms with Gasteiger partial charge in [-0.05, 0) is 12.1 Å². The zero-order valence-electron chi connectivity index (χ0n) is 9.51. The fourth-order valence-corrected chi connectivity index (χ4v) is 1.93. The number of nitrogens with two attached hydrogens (primary N) is 1. The maximum atomic E-state index is 11.0. The van der Waals surface area contributed by atoms with Crippen molar-refractivity contribution >= 4 is 33.5 Å². The molecule has 3 N–H and O–H groups in total. The van der Waals surface area contributed by atoms with Crippen LogP contribution in [0.4, 0.5) is 11.8 Å². The summed E-state index contributed by atoms with van der Waals surface area (Å²) >= 11 is 0. The van der Waals surface area contributed by atoms with Crippen LogP contribution in [0.1, 0.15) is 0 Å². The highest BCUT2D eigenvalue weighted by molar-refractivity contribution is 7.84. The second-order valence-corrected chi connectivity index (χ2v) is 5.21. The molecular weight excluding hydrogens is 236 g/mol. The number of nitrogen functional groups attached to an aromatic ring is 1. The van der Waals surface area contributed by atoms with E-state index < -0.39 is 10.8 Å². The Morgan fingerprint density at radius 1 is 1.35 bits per heavy atom. The fraction of sp³-hybridized carbons (Fsp3) is 0.273. The molecule has 1 heterocycles. The van der Waals surface area contributed by atoms with E-state index in [2.05, 4.69) is 15.3 Å². The topological polar surface area (TPSA) is 80.9 Å². The van der Waals surface area contributed by atoms with Crippen LogP contribution in [0.15, 0.2) is 24.3 Å². The number of hydrogen-bond donors (Lipinski definition) is 2. The molecule has 2 rings (SSSR count). The van der Waals surface area contributed by atoms with Crippen LogP contribution >= 0.6 is 0 Å². The Labute approximate surface area is 102 Å². The van der Waals surface area contributed by atoms with Gasteiger partial charge in [0.05, 0.1) is 5.52 Å². The fourth-order valence-electron chi connectivity index (χ4n) is 1.54. The highest BCUT2D eigenvalue weighted by atomic mass is 32.2. The SMILES string of the molecule is CS(=O)CCNc1nc(N)nc2ccccc12. The van der Waals surface area contributed by atoms with Crippen LogP contribution in [-0.4, -0.2) is 32.7 Å². The molecular formula is C11H14N4OS. The molecule has 2 aromatic rings. The first-order valence-corrected chi connectivity index (χ1v) is 6.95. The molecule has 0 bridgehead atoms. The predicted octanol–water partition coefficient (Wildman–Crippen LogP) is 1.00. The Morgan fingerprint density at radius 2 is 2.12 bits per heavy atom. The Bertz CT molecular complexity index is 558. The molecule has 1 aromatic heterocycles. The molecule has 0 saturated carbocycles. The van der Waals surface area contributed by atoms with E-state index in [0.29, 0.717) is 18.1 Å². The van der Waals surface area contributed by atoms with Gasteiger partial charge in [-0.15, -0.1) is 0 Å². The Balaban J connectivity index is 2.29. The van der Waals surface area contributed by atoms with Crippen molar-refractivity contribution in [3.8, 4) is 0 Å². The molecule has 0 aliphatic carbocycles. The van der Waals surface area contributed by atoms with Crippen molar-refractivity contribution in [2.75, 3.05) is 29.6 Å². The van der Waals surface area contributed by atoms with Gasteiger partial charge in [-0.1, -0.05) is 12.1 Å². The van der Waals surface area contributed by atoms with E-state index in [-0.39, 0.29) is 5.95 Å². The number of para-hydroxylation sites is 1. The summed E-state index contributed by atoms with van der Waals surface area (Å²) in [6, 6.07) is 7.64. The van der Waals surface area contributed by atoms with Gasteiger partial charge in [0.1, 0.15) is 5.82 Å². The lowest BCUT2D eigenvalue weighted by Crippen LogP contribution is -2.12. The summed E-state index contributed by atoms with van der Waals surface area (Å²) < 4.78 is 11.0. The number of nitrogens with zero attached hydrogens (tertiary/aromatic N) is 2. The first kappa shape index (κ1) is 11.8. The molecule has 1 atom stereocenters. The van der Waals surface area contributed by atoms with Gasteiger partial charge in [0, 0.05) is 34.7 Å². The summed E-state index contributed by atoms with van der Waals surface area (Å²) in [4.78, 5) is 8.30. The predicted molar refractivity (Wildman–Crippen MR) is 71.4 cm³/mol. The van der Waals surface area contributed by atoms with Gasteiger partial charge in [-0.3, -0.25) is 4.21 Å². The summed E-state index contributed by atoms with van der Waals surface area (Å²) in [6.07, 6.45) is 1.67. The van der Waals surface area contributed by atoms with Crippen LogP contribution < -0.4 is 11.1 Å². The highest BCUT2D eigenvalue weighted by Crippen LogP contribution is 2.20. The van der Waals surface area contributed by atoms with Gasteiger partial charge in [0.25, 0.3) is 0 Å². The minimum Gasteiger partial charge on any atom is -0.368 e. The van der Waals surface area contributed by atoms with Crippen molar-refractivity contribution in [3.05, 3.63) is 24.3 Å². The van der Waals surface area contributed by atoms with E-state index in [0.717, 1.165) is 10.9 Å². The normalized spacial score (nSPS) is 12.5. The van der Waals surface area contributed by atoms with Crippen molar-refractivity contribution < 1.29 is 4.21 Å². The molecule has 17 heavy (non-hydrogen) atoms. The van der Waals surface area contributed by atoms with E-state index in [1.165, 1.54) is 0 Å². The molecule has 6 heteroatoms. The minimum atomic E-state index is -0.815. The molecule has 5 nitrogen and oxygen atoms in total. The maximum Gasteiger partial charge on any atom is 0.222 e. The second kappa shape index (κ2) is 5.09. The lowest BCUT2D eigenvalue weighted by atomic mass is 10.2. The lowest BCUT2D eigenvalue weighted by molar-refractivity contribution is 0.687. The molecule has 0 spiro atoms. The van der Waals surface area contributed by atoms with Crippen LogP contribution in [0.3, 0.4) is 0 Å². The Morgan fingerprint density at radius 3 is 2.88 bits per heavy atom. The van der Waals surface area contributed by atoms with Gasteiger partial charge in [-0.2, -0.15) is 4.98 Å². The van der Waals surface area contributed by atoms with E-state index in [4.69, 9.17) is 5.73 Å². The van der Waals surface area contributed by atoms with Gasteiger partial charge >= 0.3 is 0 Å². The monoisotopic (exact) mass is 250 g/mol. The van der Waals surface area contributed by atoms with E-state index in [1.807, 2.05) is 24.3 Å². The van der Waals surface area contributed by atoms with E-state index >= 15 is 0 Å². The first-order chi connectivity index (χ1) is 8.16. The van der Waals surface area contributed by atoms with Gasteiger partial charge in [0.2, 0.25) is 5.95 Å². The third-order valence-corrected chi connectivity index (χ3v) is 3.08. The van der Waals surface area contributed by atoms with Crippen LogP contribution in [0, 0.1) is 0 Å². The summed E-state index contributed by atoms with van der Waals surface area (Å²) in [5.41, 5.74) is 6.44. The van der Waals surface area contributed by atoms with E-state index in [1.54, 1.807) is 6.26 Å². The average molecular weight is 250 g/mol. The zero-order chi connectivity index (χ0) is 12.3. The molecule has 90 valence electrons. The number of rotatable bonds is 4. The molecule has 1 unspecified atom stereocenters. The van der Waals surface area contributed by atoms with Crippen LogP contribution in [0.5, 0.6) is 0 Å². The van der Waals surface area contributed by atoms with Crippen molar-refractivity contribution in [2.24, 2.45) is 0 Å². The molecule has 0 amide bonds. The number of hydrogen-bond acceptors (Lipinski definition) is 5. The maximum absolute atomic E-state index is 11.0. The van der Waals surface area contributed by atoms with Crippen molar-refractivity contribution in [1.29, 1.82) is 0 Å². The molecule has 0 aliphatic heterocycles. The molecule has 0 saturated heterocycles. The molecule has 1 aromatic carbocycles. The third kappa shape index (κ3) is 2.91. The smallest absolute Gasteiger partial charge is 0.222 e. The average Bonchev–Trinajstić information content (AvgIpc) is 2.28. The minimum absolute atomic E-state index is 0.240. The van der Waals surface area contributed by atoms with Crippen LogP contribution in [0.2, 0.25) is 0 Å². The van der Waals surface area contributed by atoms with Crippen LogP contribution in [-0.2, 0) is 10.8 Å². The number of fused-ring (bicyclic) bond motifs is 1. The standard InChI is InChI=1S/C11H14N4OS/c1-17(16)7-6-13-10-8-4-2-3-5-9(8)14-11(12)15-10/h2-5H,6-7H2,1H3,(H3,12,13,14,15). The summed E-state index contributed by atoms with van der Waals surface area (Å²) in [6.45, 7) is 0.601. The summed E-state index contributed by atoms with van der Waals surface area (Å²) in [5.74, 6) is 1.51. The van der Waals surface area contributed by atoms with E-state index in [9.17, 15) is 4.21 Å². The molecule has 0 radical (unpaired) electrons. The number of aromatic nitrogens is 2. The van der Waals surface area contributed by atoms with Crippen LogP contribution in [0.25, 0.3) is 10.9 Å². The molecule has 0 fully saturated rings. The van der Waals surface area contributed by atoms with Gasteiger partial charge < -0.3 is 11.1 Å². The number of nitrogens with one attached hydrogen (secondary N) is 1. The Kier molecular flexibility index (Phi) is 3.53. The number of benzene rings is 1. The number of anilines is 2. The quantitative estimate of drug-likeness (QED) is 0.846. The largest absolute Gasteiger partial charge is 0.368 e. The molecule has 0 aliphatic rings. The first-order valence-electron chi connectivity index (χ1n) is 5.23. The van der Waals surface area contributed by atoms with Gasteiger partial charge in [-0.25, -0.2) is 4.98 Å². The third-order valence-electron chi connectivity index (χ3n) is 2.30. The second-order valence-electron chi connectivity index (χ2n) is 3.65. The Hall–Kier alpha value is -1.69. The van der Waals surface area contributed by atoms with Crippen molar-refractivity contribution in [2.45, 2.75) is 0 Å². The highest BCUT2D eigenvalue weighted by Gasteiger charge is 2.04. The zero-order valence-corrected chi connectivity index (χ0v) is 10.3. The van der Waals surface area contributed by atoms with Gasteiger partial charge in [0.15, 0.2) is 0 Å². The summed E-state index contributed by atoms with van der Waals surface area (Å²) in [7, 11) is -0.815. The lowest BCUT2D eigenvalue weighted by Gasteiger charge is -2.08. The summed E-state index contributed by atoms with van der Waals surface area (Å²) in [5, 5.41) is 4.06. The van der Waals surface area contributed by atoms with Crippen molar-refractivity contribution in [1.82, 2.24) is 9.97 Å². The van der Waals surface area contributed by atoms with Crippen molar-refractivity contribution in [3.63, 3.8) is 0 Å².